The monoisotopic (exact) mass is 452 g/mol. The minimum atomic E-state index is 0.531. The van der Waals surface area contributed by atoms with E-state index in [1.165, 1.54) is 0 Å². The Morgan fingerprint density at radius 3 is 1.34 bits per heavy atom. The van der Waals surface area contributed by atoms with Gasteiger partial charge in [-0.3, -0.25) is 0 Å². The maximum Gasteiger partial charge on any atom is 0.0722 e. The summed E-state index contributed by atoms with van der Waals surface area (Å²) in [6.45, 7) is 18.0. The van der Waals surface area contributed by atoms with Crippen molar-refractivity contribution < 1.29 is 28.4 Å². The van der Waals surface area contributed by atoms with E-state index in [1.807, 2.05) is 26.8 Å². The lowest BCUT2D eigenvalue weighted by Gasteiger charge is -2.16. The first-order valence-corrected chi connectivity index (χ1v) is 12.0. The third-order valence-electron chi connectivity index (χ3n) is 4.74. The van der Waals surface area contributed by atoms with E-state index >= 15 is 0 Å². The van der Waals surface area contributed by atoms with Crippen molar-refractivity contribution in [2.24, 2.45) is 0 Å². The Hall–Kier alpha value is -1.28. The van der Waals surface area contributed by atoms with Crippen LogP contribution in [0.2, 0.25) is 0 Å². The second-order valence-corrected chi connectivity index (χ2v) is 7.34. The van der Waals surface area contributed by atoms with E-state index in [0.717, 1.165) is 81.2 Å². The first kappa shape index (κ1) is 28.8. The zero-order valence-corrected chi connectivity index (χ0v) is 20.5. The van der Waals surface area contributed by atoms with Crippen molar-refractivity contribution in [1.82, 2.24) is 0 Å². The maximum atomic E-state index is 5.92. The second-order valence-electron chi connectivity index (χ2n) is 7.34. The maximum absolute atomic E-state index is 5.92. The van der Waals surface area contributed by atoms with Crippen LogP contribution in [0.25, 0.3) is 6.08 Å². The van der Waals surface area contributed by atoms with Gasteiger partial charge < -0.3 is 28.4 Å². The predicted molar refractivity (Wildman–Crippen MR) is 129 cm³/mol. The van der Waals surface area contributed by atoms with Gasteiger partial charge in [0, 0.05) is 59.5 Å². The molecule has 0 atom stereocenters. The molecule has 0 saturated heterocycles. The summed E-state index contributed by atoms with van der Waals surface area (Å²) in [6, 6.07) is 4.31. The molecule has 0 aliphatic rings. The van der Waals surface area contributed by atoms with Crippen LogP contribution in [0.4, 0.5) is 0 Å². The van der Waals surface area contributed by atoms with Crippen LogP contribution in [-0.2, 0) is 48.2 Å². The van der Waals surface area contributed by atoms with Gasteiger partial charge in [-0.05, 0) is 62.3 Å². The molecule has 0 amide bonds. The highest BCUT2D eigenvalue weighted by atomic mass is 16.5. The van der Waals surface area contributed by atoms with E-state index in [1.54, 1.807) is 0 Å². The topological polar surface area (TPSA) is 55.4 Å². The lowest BCUT2D eigenvalue weighted by atomic mass is 9.98. The summed E-state index contributed by atoms with van der Waals surface area (Å²) in [5.74, 6) is 0. The molecule has 0 heterocycles. The van der Waals surface area contributed by atoms with Gasteiger partial charge in [-0.1, -0.05) is 24.8 Å². The Morgan fingerprint density at radius 1 is 0.594 bits per heavy atom. The van der Waals surface area contributed by atoms with Crippen LogP contribution >= 0.6 is 0 Å². The molecule has 0 aromatic heterocycles. The number of ether oxygens (including phenoxy) is 6. The Kier molecular flexibility index (Phi) is 18.3. The van der Waals surface area contributed by atoms with Crippen LogP contribution in [0.5, 0.6) is 0 Å². The standard InChI is InChI=1S/C26H44O6/c1-5-26-24(21-31-16-10-13-28-7-3)18-23(20-30-15-9-12-27-6-2)19-25(26)22-32-17-11-14-29-8-4/h5,18-19H,1,6-17,20-22H2,2-4H3. The van der Waals surface area contributed by atoms with Gasteiger partial charge in [0.2, 0.25) is 0 Å². The fourth-order valence-corrected chi connectivity index (χ4v) is 3.21. The first-order valence-electron chi connectivity index (χ1n) is 12.0. The molecule has 1 rings (SSSR count). The lowest BCUT2D eigenvalue weighted by Crippen LogP contribution is -2.07. The molecule has 6 heteroatoms. The van der Waals surface area contributed by atoms with Gasteiger partial charge in [0.15, 0.2) is 0 Å². The molecule has 0 aliphatic heterocycles. The van der Waals surface area contributed by atoms with Crippen molar-refractivity contribution >= 4 is 6.08 Å². The second kappa shape index (κ2) is 20.3. The van der Waals surface area contributed by atoms with Crippen LogP contribution in [0, 0.1) is 0 Å². The molecule has 0 bridgehead atoms. The minimum Gasteiger partial charge on any atom is -0.382 e. The summed E-state index contributed by atoms with van der Waals surface area (Å²) >= 11 is 0. The molecule has 0 radical (unpaired) electrons. The Labute approximate surface area is 195 Å². The SMILES string of the molecule is C=Cc1c(COCCCOCC)cc(COCCCOCC)cc1COCCCOCC. The van der Waals surface area contributed by atoms with Crippen molar-refractivity contribution in [3.63, 3.8) is 0 Å². The third-order valence-corrected chi connectivity index (χ3v) is 4.74. The summed E-state index contributed by atoms with van der Waals surface area (Å²) in [7, 11) is 0. The Bertz CT molecular complexity index is 553. The first-order chi connectivity index (χ1) is 15.8. The molecule has 0 saturated carbocycles. The molecule has 1 aromatic rings. The van der Waals surface area contributed by atoms with Crippen LogP contribution in [0.1, 0.15) is 62.3 Å². The Morgan fingerprint density at radius 2 is 0.969 bits per heavy atom. The highest BCUT2D eigenvalue weighted by Gasteiger charge is 2.10. The van der Waals surface area contributed by atoms with Gasteiger partial charge in [-0.15, -0.1) is 0 Å². The summed E-state index contributed by atoms with van der Waals surface area (Å²) in [4.78, 5) is 0. The molecular formula is C26H44O6. The summed E-state index contributed by atoms with van der Waals surface area (Å²) in [5, 5.41) is 0. The van der Waals surface area contributed by atoms with Crippen molar-refractivity contribution in [2.45, 2.75) is 59.9 Å². The van der Waals surface area contributed by atoms with Crippen molar-refractivity contribution in [1.29, 1.82) is 0 Å². The third kappa shape index (κ3) is 13.3. The van der Waals surface area contributed by atoms with E-state index in [-0.39, 0.29) is 0 Å². The molecular weight excluding hydrogens is 408 g/mol. The normalized spacial score (nSPS) is 11.2. The molecule has 0 aliphatic carbocycles. The average molecular weight is 453 g/mol. The smallest absolute Gasteiger partial charge is 0.0722 e. The van der Waals surface area contributed by atoms with E-state index in [2.05, 4.69) is 18.7 Å². The number of rotatable bonds is 22. The molecule has 0 fully saturated rings. The minimum absolute atomic E-state index is 0.531. The van der Waals surface area contributed by atoms with Crippen LogP contribution in [0.3, 0.4) is 0 Å². The van der Waals surface area contributed by atoms with Gasteiger partial charge in [0.05, 0.1) is 19.8 Å². The molecule has 0 spiro atoms. The fourth-order valence-electron chi connectivity index (χ4n) is 3.21. The van der Waals surface area contributed by atoms with E-state index in [4.69, 9.17) is 28.4 Å². The van der Waals surface area contributed by atoms with Crippen LogP contribution < -0.4 is 0 Å². The quantitative estimate of drug-likeness (QED) is 0.227. The van der Waals surface area contributed by atoms with Crippen LogP contribution in [0.15, 0.2) is 18.7 Å². The van der Waals surface area contributed by atoms with E-state index in [9.17, 15) is 0 Å². The molecule has 6 nitrogen and oxygen atoms in total. The highest BCUT2D eigenvalue weighted by molar-refractivity contribution is 5.57. The molecule has 32 heavy (non-hydrogen) atoms. The zero-order valence-electron chi connectivity index (χ0n) is 20.5. The summed E-state index contributed by atoms with van der Waals surface area (Å²) in [6.07, 6.45) is 4.56. The largest absolute Gasteiger partial charge is 0.382 e. The van der Waals surface area contributed by atoms with Gasteiger partial charge in [-0.2, -0.15) is 0 Å². The summed E-state index contributed by atoms with van der Waals surface area (Å²) < 4.78 is 33.8. The van der Waals surface area contributed by atoms with Gasteiger partial charge in [0.1, 0.15) is 0 Å². The highest BCUT2D eigenvalue weighted by Crippen LogP contribution is 2.22. The predicted octanol–water partition coefficient (Wildman–Crippen LogP) is 5.16. The zero-order chi connectivity index (χ0) is 23.3. The number of hydrogen-bond donors (Lipinski definition) is 0. The molecule has 0 unspecified atom stereocenters. The number of hydrogen-bond acceptors (Lipinski definition) is 6. The molecule has 0 N–H and O–H groups in total. The fraction of sp³-hybridized carbons (Fsp3) is 0.692. The number of benzene rings is 1. The lowest BCUT2D eigenvalue weighted by molar-refractivity contribution is 0.0760. The Balaban J connectivity index is 2.71. The van der Waals surface area contributed by atoms with Gasteiger partial charge in [0.25, 0.3) is 0 Å². The van der Waals surface area contributed by atoms with Crippen molar-refractivity contribution in [3.8, 4) is 0 Å². The van der Waals surface area contributed by atoms with Crippen molar-refractivity contribution in [3.05, 3.63) is 41.0 Å². The van der Waals surface area contributed by atoms with E-state index < -0.39 is 0 Å². The van der Waals surface area contributed by atoms with Gasteiger partial charge in [-0.25, -0.2) is 0 Å². The summed E-state index contributed by atoms with van der Waals surface area (Å²) in [5.41, 5.74) is 4.42. The van der Waals surface area contributed by atoms with Crippen molar-refractivity contribution in [2.75, 3.05) is 59.5 Å². The molecule has 1 aromatic carbocycles. The van der Waals surface area contributed by atoms with Gasteiger partial charge >= 0.3 is 0 Å². The van der Waals surface area contributed by atoms with E-state index in [0.29, 0.717) is 39.6 Å². The molecule has 184 valence electrons. The van der Waals surface area contributed by atoms with Crippen LogP contribution in [-0.4, -0.2) is 59.5 Å². The average Bonchev–Trinajstić information content (AvgIpc) is 2.80.